The molecule has 0 bridgehead atoms. The van der Waals surface area contributed by atoms with Crippen LogP contribution >= 0.6 is 11.8 Å². The van der Waals surface area contributed by atoms with Gasteiger partial charge in [0.25, 0.3) is 0 Å². The summed E-state index contributed by atoms with van der Waals surface area (Å²) in [5.74, 6) is 1.28. The number of nitrogens with one attached hydrogen (secondary N) is 1. The molecule has 0 amide bonds. The zero-order valence-electron chi connectivity index (χ0n) is 7.70. The molecule has 1 N–H and O–H groups in total. The zero-order chi connectivity index (χ0) is 8.93. The van der Waals surface area contributed by atoms with Crippen LogP contribution in [0.5, 0.6) is 0 Å². The highest BCUT2D eigenvalue weighted by molar-refractivity contribution is 8.00. The number of hydrogen-bond donors (Lipinski definition) is 1. The molecule has 1 nitrogen and oxygen atoms in total. The molecule has 1 heterocycles. The van der Waals surface area contributed by atoms with Crippen molar-refractivity contribution in [1.29, 1.82) is 0 Å². The van der Waals surface area contributed by atoms with E-state index in [1.807, 2.05) is 0 Å². The molecule has 0 aromatic heterocycles. The van der Waals surface area contributed by atoms with E-state index in [2.05, 4.69) is 47.4 Å². The van der Waals surface area contributed by atoms with Crippen LogP contribution in [0.2, 0.25) is 0 Å². The number of aryl methyl sites for hydroxylation is 1. The predicted octanol–water partition coefficient (Wildman–Crippen LogP) is 2.28. The molecule has 1 aromatic rings. The van der Waals surface area contributed by atoms with E-state index in [0.29, 0.717) is 5.37 Å². The van der Waals surface area contributed by atoms with E-state index in [-0.39, 0.29) is 0 Å². The van der Waals surface area contributed by atoms with Gasteiger partial charge in [0.1, 0.15) is 0 Å². The lowest BCUT2D eigenvalue weighted by molar-refractivity contribution is 0.659. The zero-order valence-corrected chi connectivity index (χ0v) is 8.52. The average Bonchev–Trinajstić information content (AvgIpc) is 2.69. The van der Waals surface area contributed by atoms with E-state index >= 15 is 0 Å². The minimum Gasteiger partial charge on any atom is -0.305 e. The summed E-state index contributed by atoms with van der Waals surface area (Å²) in [7, 11) is 0. The van der Waals surface area contributed by atoms with Gasteiger partial charge in [-0.15, -0.1) is 11.8 Å². The summed E-state index contributed by atoms with van der Waals surface area (Å²) in [6.45, 7) is 1.18. The van der Waals surface area contributed by atoms with E-state index < -0.39 is 0 Å². The molecule has 0 spiro atoms. The lowest BCUT2D eigenvalue weighted by Crippen LogP contribution is -2.19. The van der Waals surface area contributed by atoms with Gasteiger partial charge < -0.3 is 5.32 Å². The van der Waals surface area contributed by atoms with E-state index in [1.54, 1.807) is 0 Å². The Balaban J connectivity index is 1.79. The lowest BCUT2D eigenvalue weighted by atomic mass is 10.1. The maximum atomic E-state index is 3.49. The molecule has 0 aliphatic carbocycles. The largest absolute Gasteiger partial charge is 0.305 e. The Bertz CT molecular complexity index is 242. The summed E-state index contributed by atoms with van der Waals surface area (Å²) in [6, 6.07) is 10.7. The third kappa shape index (κ3) is 2.75. The Kier molecular flexibility index (Phi) is 3.27. The van der Waals surface area contributed by atoms with Crippen LogP contribution in [0.15, 0.2) is 30.3 Å². The number of benzene rings is 1. The molecule has 1 aliphatic rings. The molecular weight excluding hydrogens is 178 g/mol. The van der Waals surface area contributed by atoms with Gasteiger partial charge in [-0.2, -0.15) is 0 Å². The first kappa shape index (κ1) is 9.10. The molecule has 2 rings (SSSR count). The Morgan fingerprint density at radius 2 is 2.15 bits per heavy atom. The molecule has 0 unspecified atom stereocenters. The van der Waals surface area contributed by atoms with Crippen molar-refractivity contribution in [3.05, 3.63) is 35.9 Å². The van der Waals surface area contributed by atoms with Gasteiger partial charge in [0.05, 0.1) is 5.37 Å². The van der Waals surface area contributed by atoms with Crippen LogP contribution in [0.25, 0.3) is 0 Å². The van der Waals surface area contributed by atoms with Gasteiger partial charge >= 0.3 is 0 Å². The summed E-state index contributed by atoms with van der Waals surface area (Å²) >= 11 is 2.05. The predicted molar refractivity (Wildman–Crippen MR) is 59.0 cm³/mol. The fourth-order valence-electron chi connectivity index (χ4n) is 1.61. The van der Waals surface area contributed by atoms with Gasteiger partial charge in [-0.05, 0) is 18.4 Å². The highest BCUT2D eigenvalue weighted by Crippen LogP contribution is 2.18. The molecule has 1 aliphatic heterocycles. The van der Waals surface area contributed by atoms with E-state index in [1.165, 1.54) is 30.7 Å². The Labute approximate surface area is 83.9 Å². The number of thioether (sulfide) groups is 1. The molecular formula is C11H15NS. The van der Waals surface area contributed by atoms with E-state index in [9.17, 15) is 0 Å². The van der Waals surface area contributed by atoms with Gasteiger partial charge in [0.15, 0.2) is 0 Å². The summed E-state index contributed by atoms with van der Waals surface area (Å²) in [4.78, 5) is 0. The fourth-order valence-corrected chi connectivity index (χ4v) is 2.65. The van der Waals surface area contributed by atoms with Crippen molar-refractivity contribution >= 4 is 11.8 Å². The van der Waals surface area contributed by atoms with Gasteiger partial charge in [0, 0.05) is 12.3 Å². The van der Waals surface area contributed by atoms with Crippen molar-refractivity contribution in [2.75, 3.05) is 12.3 Å². The molecule has 70 valence electrons. The Hall–Kier alpha value is -0.470. The van der Waals surface area contributed by atoms with Crippen molar-refractivity contribution in [2.24, 2.45) is 0 Å². The highest BCUT2D eigenvalue weighted by Gasteiger charge is 2.13. The first-order valence-corrected chi connectivity index (χ1v) is 5.89. The summed E-state index contributed by atoms with van der Waals surface area (Å²) < 4.78 is 0. The summed E-state index contributed by atoms with van der Waals surface area (Å²) in [6.07, 6.45) is 2.46. The number of rotatable bonds is 3. The topological polar surface area (TPSA) is 12.0 Å². The van der Waals surface area contributed by atoms with Crippen LogP contribution in [0.4, 0.5) is 0 Å². The molecule has 1 aromatic carbocycles. The highest BCUT2D eigenvalue weighted by atomic mass is 32.2. The minimum atomic E-state index is 0.695. The Morgan fingerprint density at radius 1 is 1.31 bits per heavy atom. The lowest BCUT2D eigenvalue weighted by Gasteiger charge is -2.08. The molecule has 1 fully saturated rings. The van der Waals surface area contributed by atoms with Crippen LogP contribution in [0.1, 0.15) is 12.0 Å². The third-order valence-corrected chi connectivity index (χ3v) is 3.58. The second kappa shape index (κ2) is 4.68. The van der Waals surface area contributed by atoms with Crippen LogP contribution < -0.4 is 5.32 Å². The second-order valence-electron chi connectivity index (χ2n) is 3.34. The van der Waals surface area contributed by atoms with Gasteiger partial charge in [0.2, 0.25) is 0 Å². The van der Waals surface area contributed by atoms with Gasteiger partial charge in [-0.1, -0.05) is 30.3 Å². The molecule has 0 radical (unpaired) electrons. The molecule has 1 atom stereocenters. The Morgan fingerprint density at radius 3 is 2.85 bits per heavy atom. The van der Waals surface area contributed by atoms with Crippen molar-refractivity contribution in [3.63, 3.8) is 0 Å². The summed E-state index contributed by atoms with van der Waals surface area (Å²) in [5, 5.41) is 4.18. The maximum Gasteiger partial charge on any atom is 0.0536 e. The smallest absolute Gasteiger partial charge is 0.0536 e. The summed E-state index contributed by atoms with van der Waals surface area (Å²) in [5.41, 5.74) is 1.46. The van der Waals surface area contributed by atoms with Crippen LogP contribution in [-0.2, 0) is 6.42 Å². The quantitative estimate of drug-likeness (QED) is 0.790. The van der Waals surface area contributed by atoms with Crippen LogP contribution in [-0.4, -0.2) is 17.7 Å². The van der Waals surface area contributed by atoms with Gasteiger partial charge in [-0.3, -0.25) is 0 Å². The van der Waals surface area contributed by atoms with Crippen molar-refractivity contribution in [1.82, 2.24) is 5.32 Å². The molecule has 13 heavy (non-hydrogen) atoms. The third-order valence-electron chi connectivity index (χ3n) is 2.33. The molecule has 1 saturated heterocycles. The van der Waals surface area contributed by atoms with E-state index in [4.69, 9.17) is 0 Å². The van der Waals surface area contributed by atoms with E-state index in [0.717, 1.165) is 0 Å². The second-order valence-corrected chi connectivity index (χ2v) is 4.65. The van der Waals surface area contributed by atoms with Gasteiger partial charge in [-0.25, -0.2) is 0 Å². The molecule has 2 heteroatoms. The van der Waals surface area contributed by atoms with Crippen molar-refractivity contribution in [3.8, 4) is 0 Å². The van der Waals surface area contributed by atoms with Crippen molar-refractivity contribution in [2.45, 2.75) is 18.2 Å². The monoisotopic (exact) mass is 193 g/mol. The minimum absolute atomic E-state index is 0.695. The normalized spacial score (nSPS) is 22.0. The average molecular weight is 193 g/mol. The van der Waals surface area contributed by atoms with Crippen LogP contribution in [0.3, 0.4) is 0 Å². The van der Waals surface area contributed by atoms with Crippen LogP contribution in [0, 0.1) is 0 Å². The van der Waals surface area contributed by atoms with Crippen molar-refractivity contribution < 1.29 is 0 Å². The first-order chi connectivity index (χ1) is 6.45. The fraction of sp³-hybridized carbons (Fsp3) is 0.455. The number of hydrogen-bond acceptors (Lipinski definition) is 2. The standard InChI is InChI=1S/C11H15NS/c1-2-4-10(5-3-1)6-7-11-12-8-9-13-11/h1-5,11-12H,6-9H2/t11-/m0/s1. The SMILES string of the molecule is c1ccc(CC[C@H]2NCCS2)cc1. The maximum absolute atomic E-state index is 3.49. The first-order valence-electron chi connectivity index (χ1n) is 4.84. The molecule has 0 saturated carbocycles.